The van der Waals surface area contributed by atoms with Crippen molar-refractivity contribution in [1.82, 2.24) is 19.9 Å². The van der Waals surface area contributed by atoms with Gasteiger partial charge in [0.15, 0.2) is 0 Å². The molecule has 0 aromatic carbocycles. The van der Waals surface area contributed by atoms with Crippen LogP contribution in [-0.4, -0.2) is 49.6 Å². The van der Waals surface area contributed by atoms with Crippen LogP contribution in [0.5, 0.6) is 0 Å². The fraction of sp³-hybridized carbons (Fsp3) is 0.750. The number of piperidine rings is 1. The van der Waals surface area contributed by atoms with Gasteiger partial charge in [-0.05, 0) is 32.6 Å². The van der Waals surface area contributed by atoms with E-state index in [2.05, 4.69) is 10.3 Å². The number of likely N-dealkylation sites (tertiary alicyclic amines) is 1. The SMILES string of the molecule is CC(O)C(=O)N1CCCCC1CCn1ccnn1. The van der Waals surface area contributed by atoms with E-state index in [-0.39, 0.29) is 11.9 Å². The molecular formula is C12H20N4O2. The van der Waals surface area contributed by atoms with Crippen molar-refractivity contribution in [3.05, 3.63) is 12.4 Å². The van der Waals surface area contributed by atoms with Crippen LogP contribution in [-0.2, 0) is 11.3 Å². The number of aliphatic hydroxyl groups excluding tert-OH is 1. The molecule has 1 N–H and O–H groups in total. The molecule has 0 bridgehead atoms. The summed E-state index contributed by atoms with van der Waals surface area (Å²) in [6.45, 7) is 3.05. The van der Waals surface area contributed by atoms with Crippen molar-refractivity contribution in [2.75, 3.05) is 6.54 Å². The van der Waals surface area contributed by atoms with Crippen LogP contribution in [0, 0.1) is 0 Å². The van der Waals surface area contributed by atoms with Crippen LogP contribution < -0.4 is 0 Å². The summed E-state index contributed by atoms with van der Waals surface area (Å²) in [7, 11) is 0. The van der Waals surface area contributed by atoms with Gasteiger partial charge in [0.05, 0.1) is 6.20 Å². The molecule has 1 aliphatic heterocycles. The molecule has 1 aliphatic rings. The van der Waals surface area contributed by atoms with E-state index >= 15 is 0 Å². The molecule has 1 fully saturated rings. The van der Waals surface area contributed by atoms with Gasteiger partial charge in [0.1, 0.15) is 6.10 Å². The summed E-state index contributed by atoms with van der Waals surface area (Å²) in [5, 5.41) is 17.1. The number of hydrogen-bond acceptors (Lipinski definition) is 4. The first-order chi connectivity index (χ1) is 8.68. The molecule has 100 valence electrons. The lowest BCUT2D eigenvalue weighted by Gasteiger charge is -2.36. The molecule has 6 nitrogen and oxygen atoms in total. The summed E-state index contributed by atoms with van der Waals surface area (Å²) in [6, 6.07) is 0.213. The van der Waals surface area contributed by atoms with E-state index in [1.54, 1.807) is 10.9 Å². The zero-order valence-electron chi connectivity index (χ0n) is 10.7. The van der Waals surface area contributed by atoms with Gasteiger partial charge in [0.25, 0.3) is 5.91 Å². The summed E-state index contributed by atoms with van der Waals surface area (Å²) in [5.41, 5.74) is 0. The highest BCUT2D eigenvalue weighted by molar-refractivity contribution is 5.80. The Morgan fingerprint density at radius 1 is 1.56 bits per heavy atom. The Bertz CT molecular complexity index is 377. The highest BCUT2D eigenvalue weighted by Gasteiger charge is 2.28. The highest BCUT2D eigenvalue weighted by Crippen LogP contribution is 2.21. The van der Waals surface area contributed by atoms with E-state index in [0.29, 0.717) is 0 Å². The Kier molecular flexibility index (Phi) is 4.30. The highest BCUT2D eigenvalue weighted by atomic mass is 16.3. The third-order valence-corrected chi connectivity index (χ3v) is 3.43. The average molecular weight is 252 g/mol. The van der Waals surface area contributed by atoms with Gasteiger partial charge in [-0.15, -0.1) is 5.10 Å². The van der Waals surface area contributed by atoms with Crippen LogP contribution >= 0.6 is 0 Å². The van der Waals surface area contributed by atoms with Crippen LogP contribution in [0.25, 0.3) is 0 Å². The van der Waals surface area contributed by atoms with Gasteiger partial charge in [0, 0.05) is 25.3 Å². The van der Waals surface area contributed by atoms with Gasteiger partial charge in [-0.2, -0.15) is 0 Å². The first-order valence-corrected chi connectivity index (χ1v) is 6.51. The van der Waals surface area contributed by atoms with Gasteiger partial charge >= 0.3 is 0 Å². The molecule has 1 aromatic rings. The molecule has 18 heavy (non-hydrogen) atoms. The smallest absolute Gasteiger partial charge is 0.251 e. The zero-order valence-corrected chi connectivity index (χ0v) is 10.7. The van der Waals surface area contributed by atoms with Crippen LogP contribution in [0.4, 0.5) is 0 Å². The number of aromatic nitrogens is 3. The van der Waals surface area contributed by atoms with E-state index in [9.17, 15) is 9.90 Å². The van der Waals surface area contributed by atoms with Crippen molar-refractivity contribution < 1.29 is 9.90 Å². The molecule has 1 aromatic heterocycles. The first-order valence-electron chi connectivity index (χ1n) is 6.51. The predicted octanol–water partition coefficient (Wildman–Crippen LogP) is 0.430. The van der Waals surface area contributed by atoms with Crippen LogP contribution in [0.2, 0.25) is 0 Å². The van der Waals surface area contributed by atoms with Crippen molar-refractivity contribution in [3.63, 3.8) is 0 Å². The van der Waals surface area contributed by atoms with E-state index in [0.717, 1.165) is 38.8 Å². The van der Waals surface area contributed by atoms with Gasteiger partial charge in [-0.1, -0.05) is 5.21 Å². The van der Waals surface area contributed by atoms with Crippen molar-refractivity contribution in [3.8, 4) is 0 Å². The number of nitrogens with zero attached hydrogens (tertiary/aromatic N) is 4. The molecule has 1 amide bonds. The topological polar surface area (TPSA) is 71.2 Å². The van der Waals surface area contributed by atoms with Crippen LogP contribution in [0.1, 0.15) is 32.6 Å². The first kappa shape index (κ1) is 13.0. The van der Waals surface area contributed by atoms with Crippen LogP contribution in [0.15, 0.2) is 12.4 Å². The summed E-state index contributed by atoms with van der Waals surface area (Å²) in [4.78, 5) is 13.7. The Morgan fingerprint density at radius 3 is 3.06 bits per heavy atom. The molecule has 2 rings (SSSR count). The minimum atomic E-state index is -0.906. The summed E-state index contributed by atoms with van der Waals surface area (Å²) >= 11 is 0. The molecule has 0 spiro atoms. The maximum Gasteiger partial charge on any atom is 0.251 e. The number of hydrogen-bond donors (Lipinski definition) is 1. The molecule has 2 atom stereocenters. The molecular weight excluding hydrogens is 232 g/mol. The second-order valence-corrected chi connectivity index (χ2v) is 4.81. The standard InChI is InChI=1S/C12H20N4O2/c1-10(17)12(18)16-7-3-2-4-11(16)5-8-15-9-6-13-14-15/h6,9-11,17H,2-5,7-8H2,1H3. The van der Waals surface area contributed by atoms with Crippen LogP contribution in [0.3, 0.4) is 0 Å². The third-order valence-electron chi connectivity index (χ3n) is 3.43. The number of amides is 1. The van der Waals surface area contributed by atoms with Gasteiger partial charge in [-0.3, -0.25) is 9.48 Å². The molecule has 6 heteroatoms. The maximum absolute atomic E-state index is 11.9. The zero-order chi connectivity index (χ0) is 13.0. The van der Waals surface area contributed by atoms with Gasteiger partial charge in [-0.25, -0.2) is 0 Å². The van der Waals surface area contributed by atoms with E-state index in [4.69, 9.17) is 0 Å². The second-order valence-electron chi connectivity index (χ2n) is 4.81. The molecule has 0 saturated carbocycles. The number of carbonyl (C=O) groups is 1. The second kappa shape index (κ2) is 5.95. The third kappa shape index (κ3) is 3.07. The molecule has 2 unspecified atom stereocenters. The van der Waals surface area contributed by atoms with E-state index < -0.39 is 6.10 Å². The van der Waals surface area contributed by atoms with Crippen molar-refractivity contribution in [2.24, 2.45) is 0 Å². The normalized spacial score (nSPS) is 21.9. The van der Waals surface area contributed by atoms with E-state index in [1.807, 2.05) is 11.1 Å². The molecule has 1 saturated heterocycles. The summed E-state index contributed by atoms with van der Waals surface area (Å²) < 4.78 is 1.78. The summed E-state index contributed by atoms with van der Waals surface area (Å²) in [6.07, 6.45) is 6.61. The number of aliphatic hydroxyl groups is 1. The predicted molar refractivity (Wildman–Crippen MR) is 65.7 cm³/mol. The molecule has 0 radical (unpaired) electrons. The maximum atomic E-state index is 11.9. The number of aryl methyl sites for hydroxylation is 1. The van der Waals surface area contributed by atoms with E-state index in [1.165, 1.54) is 6.92 Å². The van der Waals surface area contributed by atoms with Gasteiger partial charge in [0.2, 0.25) is 0 Å². The lowest BCUT2D eigenvalue weighted by molar-refractivity contribution is -0.143. The number of rotatable bonds is 4. The Balaban J connectivity index is 1.93. The van der Waals surface area contributed by atoms with Crippen molar-refractivity contribution in [1.29, 1.82) is 0 Å². The fourth-order valence-electron chi connectivity index (χ4n) is 2.46. The minimum Gasteiger partial charge on any atom is -0.384 e. The lowest BCUT2D eigenvalue weighted by atomic mass is 9.98. The monoisotopic (exact) mass is 252 g/mol. The Hall–Kier alpha value is -1.43. The molecule has 0 aliphatic carbocycles. The summed E-state index contributed by atoms with van der Waals surface area (Å²) in [5.74, 6) is -0.154. The van der Waals surface area contributed by atoms with Gasteiger partial charge < -0.3 is 10.0 Å². The quantitative estimate of drug-likeness (QED) is 0.843. The minimum absolute atomic E-state index is 0.154. The van der Waals surface area contributed by atoms with Crippen molar-refractivity contribution in [2.45, 2.75) is 51.3 Å². The average Bonchev–Trinajstić information content (AvgIpc) is 2.89. The van der Waals surface area contributed by atoms with Crippen molar-refractivity contribution >= 4 is 5.91 Å². The largest absolute Gasteiger partial charge is 0.384 e. The Labute approximate surface area is 107 Å². The fourth-order valence-corrected chi connectivity index (χ4v) is 2.46. The Morgan fingerprint density at radius 2 is 2.39 bits per heavy atom. The molecule has 2 heterocycles. The lowest BCUT2D eigenvalue weighted by Crippen LogP contribution is -2.47. The number of carbonyl (C=O) groups excluding carboxylic acids is 1.